The number of benzene rings is 2. The molecule has 0 fully saturated rings. The number of hydrogen-bond acceptors (Lipinski definition) is 2. The van der Waals surface area contributed by atoms with E-state index in [1.807, 2.05) is 24.3 Å². The molecule has 2 nitrogen and oxygen atoms in total. The predicted molar refractivity (Wildman–Crippen MR) is 87.0 cm³/mol. The van der Waals surface area contributed by atoms with Crippen molar-refractivity contribution in [2.75, 3.05) is 0 Å². The highest BCUT2D eigenvalue weighted by Gasteiger charge is 2.11. The fourth-order valence-corrected chi connectivity index (χ4v) is 2.67. The summed E-state index contributed by atoms with van der Waals surface area (Å²) in [6, 6.07) is 17.1. The van der Waals surface area contributed by atoms with Crippen molar-refractivity contribution in [2.45, 2.75) is 39.8 Å². The Morgan fingerprint density at radius 3 is 1.90 bits per heavy atom. The Balaban J connectivity index is 2.10. The van der Waals surface area contributed by atoms with Crippen molar-refractivity contribution >= 4 is 0 Å². The molecule has 21 heavy (non-hydrogen) atoms. The van der Waals surface area contributed by atoms with Gasteiger partial charge in [0, 0.05) is 12.1 Å². The number of hydrogen-bond donors (Lipinski definition) is 1. The fourth-order valence-electron chi connectivity index (χ4n) is 2.67. The van der Waals surface area contributed by atoms with Crippen LogP contribution in [0, 0.1) is 25.2 Å². The molecule has 108 valence electrons. The van der Waals surface area contributed by atoms with Gasteiger partial charge in [-0.25, -0.2) is 0 Å². The van der Waals surface area contributed by atoms with Crippen LogP contribution in [0.5, 0.6) is 0 Å². The molecule has 0 aliphatic carbocycles. The number of nitrogens with zero attached hydrogens (tertiary/aromatic N) is 1. The first-order chi connectivity index (χ1) is 9.99. The van der Waals surface area contributed by atoms with E-state index in [1.54, 1.807) is 0 Å². The molecule has 0 amide bonds. The van der Waals surface area contributed by atoms with E-state index in [0.717, 1.165) is 0 Å². The van der Waals surface area contributed by atoms with Crippen molar-refractivity contribution in [1.82, 2.24) is 5.32 Å². The Hall–Kier alpha value is -2.11. The Kier molecular flexibility index (Phi) is 4.77. The molecule has 2 aromatic carbocycles. The van der Waals surface area contributed by atoms with Crippen molar-refractivity contribution in [1.29, 1.82) is 5.26 Å². The maximum Gasteiger partial charge on any atom is 0.0991 e. The lowest BCUT2D eigenvalue weighted by atomic mass is 10.0. The summed E-state index contributed by atoms with van der Waals surface area (Å²) in [5, 5.41) is 12.5. The summed E-state index contributed by atoms with van der Waals surface area (Å²) in [6.07, 6.45) is 0. The van der Waals surface area contributed by atoms with E-state index in [4.69, 9.17) is 5.26 Å². The lowest BCUT2D eigenvalue weighted by Gasteiger charge is -2.21. The molecule has 0 saturated carbocycles. The van der Waals surface area contributed by atoms with E-state index >= 15 is 0 Å². The summed E-state index contributed by atoms with van der Waals surface area (Å²) >= 11 is 0. The summed E-state index contributed by atoms with van der Waals surface area (Å²) in [6.45, 7) is 8.61. The molecule has 0 aliphatic heterocycles. The van der Waals surface area contributed by atoms with Crippen molar-refractivity contribution in [2.24, 2.45) is 0 Å². The molecule has 0 heterocycles. The quantitative estimate of drug-likeness (QED) is 0.888. The highest BCUT2D eigenvalue weighted by atomic mass is 14.9. The van der Waals surface area contributed by atoms with Crippen LogP contribution in [0.2, 0.25) is 0 Å². The van der Waals surface area contributed by atoms with Crippen LogP contribution < -0.4 is 5.32 Å². The van der Waals surface area contributed by atoms with Gasteiger partial charge >= 0.3 is 0 Å². The van der Waals surface area contributed by atoms with E-state index in [9.17, 15) is 0 Å². The standard InChI is InChI=1S/C19H22N2/c1-13-9-14(2)11-19(10-13)16(4)21-15(3)18-7-5-17(12-20)6-8-18/h5-11,15-16,21H,1-4H3. The highest BCUT2D eigenvalue weighted by Crippen LogP contribution is 2.21. The van der Waals surface area contributed by atoms with Crippen LogP contribution in [0.4, 0.5) is 0 Å². The average Bonchev–Trinajstić information content (AvgIpc) is 2.46. The third-order valence-electron chi connectivity index (χ3n) is 3.78. The zero-order valence-corrected chi connectivity index (χ0v) is 13.1. The molecule has 2 aromatic rings. The highest BCUT2D eigenvalue weighted by molar-refractivity contribution is 5.33. The Morgan fingerprint density at radius 2 is 1.38 bits per heavy atom. The van der Waals surface area contributed by atoms with Gasteiger partial charge in [0.2, 0.25) is 0 Å². The first-order valence-electron chi connectivity index (χ1n) is 7.34. The van der Waals surface area contributed by atoms with Gasteiger partial charge in [0.05, 0.1) is 11.6 Å². The van der Waals surface area contributed by atoms with Crippen molar-refractivity contribution in [3.63, 3.8) is 0 Å². The van der Waals surface area contributed by atoms with Crippen LogP contribution in [0.1, 0.15) is 53.7 Å². The van der Waals surface area contributed by atoms with E-state index in [0.29, 0.717) is 5.56 Å². The zero-order chi connectivity index (χ0) is 15.4. The van der Waals surface area contributed by atoms with Crippen molar-refractivity contribution in [3.05, 3.63) is 70.3 Å². The van der Waals surface area contributed by atoms with E-state index in [1.165, 1.54) is 22.3 Å². The van der Waals surface area contributed by atoms with Gasteiger partial charge < -0.3 is 5.32 Å². The van der Waals surface area contributed by atoms with Crippen LogP contribution >= 0.6 is 0 Å². The van der Waals surface area contributed by atoms with Gasteiger partial charge in [-0.15, -0.1) is 0 Å². The van der Waals surface area contributed by atoms with Crippen LogP contribution in [0.15, 0.2) is 42.5 Å². The molecule has 2 rings (SSSR count). The smallest absolute Gasteiger partial charge is 0.0991 e. The van der Waals surface area contributed by atoms with Gasteiger partial charge in [-0.05, 0) is 51.0 Å². The van der Waals surface area contributed by atoms with Crippen molar-refractivity contribution < 1.29 is 0 Å². The molecule has 2 unspecified atom stereocenters. The van der Waals surface area contributed by atoms with E-state index < -0.39 is 0 Å². The lowest BCUT2D eigenvalue weighted by molar-refractivity contribution is 0.494. The van der Waals surface area contributed by atoms with Crippen LogP contribution in [0.25, 0.3) is 0 Å². The molecule has 0 saturated heterocycles. The second-order valence-corrected chi connectivity index (χ2v) is 5.76. The minimum absolute atomic E-state index is 0.244. The van der Waals surface area contributed by atoms with Gasteiger partial charge in [-0.2, -0.15) is 5.26 Å². The normalized spacial score (nSPS) is 13.5. The summed E-state index contributed by atoms with van der Waals surface area (Å²) < 4.78 is 0. The number of nitrogens with one attached hydrogen (secondary N) is 1. The first-order valence-corrected chi connectivity index (χ1v) is 7.34. The summed E-state index contributed by atoms with van der Waals surface area (Å²) in [7, 11) is 0. The molecule has 0 spiro atoms. The molecule has 0 radical (unpaired) electrons. The molecule has 2 heteroatoms. The SMILES string of the molecule is Cc1cc(C)cc(C(C)NC(C)c2ccc(C#N)cc2)c1. The van der Waals surface area contributed by atoms with Gasteiger partial charge in [0.1, 0.15) is 0 Å². The van der Waals surface area contributed by atoms with Gasteiger partial charge in [0.25, 0.3) is 0 Å². The van der Waals surface area contributed by atoms with E-state index in [2.05, 4.69) is 57.3 Å². The maximum absolute atomic E-state index is 8.85. The topological polar surface area (TPSA) is 35.8 Å². The Morgan fingerprint density at radius 1 is 0.857 bits per heavy atom. The summed E-state index contributed by atoms with van der Waals surface area (Å²) in [5.74, 6) is 0. The molecular weight excluding hydrogens is 256 g/mol. The van der Waals surface area contributed by atoms with E-state index in [-0.39, 0.29) is 12.1 Å². The third-order valence-corrected chi connectivity index (χ3v) is 3.78. The number of aryl methyl sites for hydroxylation is 2. The molecule has 2 atom stereocenters. The van der Waals surface area contributed by atoms with Gasteiger partial charge in [0.15, 0.2) is 0 Å². The van der Waals surface area contributed by atoms with Crippen LogP contribution in [-0.2, 0) is 0 Å². The second-order valence-electron chi connectivity index (χ2n) is 5.76. The molecule has 1 N–H and O–H groups in total. The average molecular weight is 278 g/mol. The predicted octanol–water partition coefficient (Wildman–Crippen LogP) is 4.59. The second kappa shape index (κ2) is 6.56. The number of nitriles is 1. The van der Waals surface area contributed by atoms with Gasteiger partial charge in [-0.3, -0.25) is 0 Å². The van der Waals surface area contributed by atoms with Gasteiger partial charge in [-0.1, -0.05) is 41.5 Å². The minimum Gasteiger partial charge on any atom is -0.304 e. The minimum atomic E-state index is 0.244. The zero-order valence-electron chi connectivity index (χ0n) is 13.1. The molecule has 0 aliphatic rings. The molecular formula is C19H22N2. The Bertz CT molecular complexity index is 630. The van der Waals surface area contributed by atoms with Crippen LogP contribution in [-0.4, -0.2) is 0 Å². The largest absolute Gasteiger partial charge is 0.304 e. The van der Waals surface area contributed by atoms with Crippen molar-refractivity contribution in [3.8, 4) is 6.07 Å². The fraction of sp³-hybridized carbons (Fsp3) is 0.316. The Labute approximate surface area is 127 Å². The first kappa shape index (κ1) is 15.3. The summed E-state index contributed by atoms with van der Waals surface area (Å²) in [5.41, 5.74) is 5.81. The number of rotatable bonds is 4. The maximum atomic E-state index is 8.85. The molecule has 0 aromatic heterocycles. The lowest BCUT2D eigenvalue weighted by Crippen LogP contribution is -2.22. The molecule has 0 bridgehead atoms. The third kappa shape index (κ3) is 3.93. The summed E-state index contributed by atoms with van der Waals surface area (Å²) in [4.78, 5) is 0. The van der Waals surface area contributed by atoms with Crippen LogP contribution in [0.3, 0.4) is 0 Å². The monoisotopic (exact) mass is 278 g/mol.